The molecule has 0 aliphatic carbocycles. The van der Waals surface area contributed by atoms with Crippen molar-refractivity contribution in [2.75, 3.05) is 19.3 Å². The molecular formula is C7H13N3O2S2. The summed E-state index contributed by atoms with van der Waals surface area (Å²) in [5.74, 6) is 0.0995. The number of thiazole rings is 1. The Hall–Kier alpha value is -0.500. The van der Waals surface area contributed by atoms with Crippen LogP contribution < -0.4 is 10.0 Å². The van der Waals surface area contributed by atoms with Crippen molar-refractivity contribution in [2.24, 2.45) is 0 Å². The van der Waals surface area contributed by atoms with E-state index in [0.29, 0.717) is 13.1 Å². The van der Waals surface area contributed by atoms with Crippen molar-refractivity contribution >= 4 is 21.4 Å². The van der Waals surface area contributed by atoms with Crippen LogP contribution in [0.15, 0.2) is 11.7 Å². The summed E-state index contributed by atoms with van der Waals surface area (Å²) in [5.41, 5.74) is 1.68. The zero-order valence-electron chi connectivity index (χ0n) is 7.86. The average Bonchev–Trinajstić information content (AvgIpc) is 2.64. The average molecular weight is 235 g/mol. The molecular weight excluding hydrogens is 222 g/mol. The van der Waals surface area contributed by atoms with Crippen LogP contribution in [-0.2, 0) is 16.6 Å². The lowest BCUT2D eigenvalue weighted by Crippen LogP contribution is -2.30. The minimum absolute atomic E-state index is 0.0995. The first-order chi connectivity index (χ1) is 6.64. The molecule has 0 radical (unpaired) electrons. The summed E-state index contributed by atoms with van der Waals surface area (Å²) in [4.78, 5) is 4.77. The lowest BCUT2D eigenvalue weighted by molar-refractivity contribution is 0.579. The third-order valence-electron chi connectivity index (χ3n) is 1.57. The molecule has 7 heteroatoms. The third-order valence-corrected chi connectivity index (χ3v) is 3.68. The highest BCUT2D eigenvalue weighted by Gasteiger charge is 2.08. The standard InChI is InChI=1S/C7H13N3O2S2/c1-8-2-3-14(11,12)10-5-7-4-9-6-13-7/h4,6,8,10H,2-3,5H2,1H3. The summed E-state index contributed by atoms with van der Waals surface area (Å²) < 4.78 is 25.1. The topological polar surface area (TPSA) is 71.1 Å². The van der Waals surface area contributed by atoms with E-state index in [1.54, 1.807) is 18.8 Å². The van der Waals surface area contributed by atoms with Crippen LogP contribution in [0.1, 0.15) is 4.88 Å². The summed E-state index contributed by atoms with van der Waals surface area (Å²) >= 11 is 1.43. The second-order valence-electron chi connectivity index (χ2n) is 2.71. The number of nitrogens with one attached hydrogen (secondary N) is 2. The van der Waals surface area contributed by atoms with E-state index in [2.05, 4.69) is 15.0 Å². The maximum Gasteiger partial charge on any atom is 0.213 e. The molecule has 80 valence electrons. The van der Waals surface area contributed by atoms with E-state index in [-0.39, 0.29) is 5.75 Å². The van der Waals surface area contributed by atoms with Crippen molar-refractivity contribution < 1.29 is 8.42 Å². The van der Waals surface area contributed by atoms with Crippen LogP contribution in [0.25, 0.3) is 0 Å². The van der Waals surface area contributed by atoms with Crippen LogP contribution >= 0.6 is 11.3 Å². The van der Waals surface area contributed by atoms with Gasteiger partial charge in [0.1, 0.15) is 0 Å². The maximum absolute atomic E-state index is 11.3. The van der Waals surface area contributed by atoms with Gasteiger partial charge < -0.3 is 5.32 Å². The number of sulfonamides is 1. The molecule has 0 fully saturated rings. The predicted octanol–water partition coefficient (Wildman–Crippen LogP) is -0.218. The van der Waals surface area contributed by atoms with Crippen LogP contribution in [0, 0.1) is 0 Å². The SMILES string of the molecule is CNCCS(=O)(=O)NCc1cncs1. The minimum Gasteiger partial charge on any atom is -0.319 e. The number of nitrogens with zero attached hydrogens (tertiary/aromatic N) is 1. The van der Waals surface area contributed by atoms with E-state index >= 15 is 0 Å². The van der Waals surface area contributed by atoms with E-state index < -0.39 is 10.0 Å². The van der Waals surface area contributed by atoms with Crippen molar-refractivity contribution in [1.29, 1.82) is 0 Å². The van der Waals surface area contributed by atoms with Crippen LogP contribution in [0.4, 0.5) is 0 Å². The highest BCUT2D eigenvalue weighted by molar-refractivity contribution is 7.89. The fourth-order valence-corrected chi connectivity index (χ4v) is 2.44. The summed E-state index contributed by atoms with van der Waals surface area (Å²) in [6.45, 7) is 0.786. The molecule has 0 aromatic carbocycles. The quantitative estimate of drug-likeness (QED) is 0.715. The van der Waals surface area contributed by atoms with E-state index in [1.807, 2.05) is 0 Å². The highest BCUT2D eigenvalue weighted by Crippen LogP contribution is 2.04. The molecule has 2 N–H and O–H groups in total. The van der Waals surface area contributed by atoms with Crippen molar-refractivity contribution in [2.45, 2.75) is 6.54 Å². The van der Waals surface area contributed by atoms with Crippen LogP contribution in [0.2, 0.25) is 0 Å². The Labute approximate surface area is 87.6 Å². The molecule has 0 unspecified atom stereocenters. The molecule has 1 rings (SSSR count). The summed E-state index contributed by atoms with van der Waals surface area (Å²) in [7, 11) is -1.43. The Bertz CT molecular complexity index is 347. The van der Waals surface area contributed by atoms with Gasteiger partial charge in [-0.25, -0.2) is 13.1 Å². The lowest BCUT2D eigenvalue weighted by Gasteiger charge is -2.04. The monoisotopic (exact) mass is 235 g/mol. The zero-order chi connectivity index (χ0) is 10.4. The number of rotatable bonds is 6. The van der Waals surface area contributed by atoms with Crippen LogP contribution in [0.3, 0.4) is 0 Å². The van der Waals surface area contributed by atoms with Gasteiger partial charge in [0.2, 0.25) is 10.0 Å². The van der Waals surface area contributed by atoms with E-state index in [1.165, 1.54) is 11.3 Å². The maximum atomic E-state index is 11.3. The van der Waals surface area contributed by atoms with E-state index in [4.69, 9.17) is 0 Å². The molecule has 1 aromatic heterocycles. The molecule has 0 bridgehead atoms. The zero-order valence-corrected chi connectivity index (χ0v) is 9.49. The fraction of sp³-hybridized carbons (Fsp3) is 0.571. The fourth-order valence-electron chi connectivity index (χ4n) is 0.819. The number of aromatic nitrogens is 1. The van der Waals surface area contributed by atoms with Gasteiger partial charge in [0.15, 0.2) is 0 Å². The first kappa shape index (κ1) is 11.6. The smallest absolute Gasteiger partial charge is 0.213 e. The summed E-state index contributed by atoms with van der Waals surface area (Å²) in [6, 6.07) is 0. The second-order valence-corrected chi connectivity index (χ2v) is 5.61. The Morgan fingerprint density at radius 1 is 1.57 bits per heavy atom. The van der Waals surface area contributed by atoms with Gasteiger partial charge >= 0.3 is 0 Å². The largest absolute Gasteiger partial charge is 0.319 e. The molecule has 5 nitrogen and oxygen atoms in total. The molecule has 0 aliphatic heterocycles. The molecule has 0 amide bonds. The minimum atomic E-state index is -3.15. The van der Waals surface area contributed by atoms with Gasteiger partial charge in [0.05, 0.1) is 11.3 Å². The van der Waals surface area contributed by atoms with E-state index in [9.17, 15) is 8.42 Å². The van der Waals surface area contributed by atoms with Gasteiger partial charge in [-0.15, -0.1) is 11.3 Å². The Balaban J connectivity index is 2.37. The molecule has 0 atom stereocenters. The molecule has 0 aliphatic rings. The Morgan fingerprint density at radius 3 is 2.93 bits per heavy atom. The molecule has 14 heavy (non-hydrogen) atoms. The third kappa shape index (κ3) is 4.14. The lowest BCUT2D eigenvalue weighted by atomic mass is 10.6. The van der Waals surface area contributed by atoms with Crippen molar-refractivity contribution in [3.63, 3.8) is 0 Å². The first-order valence-electron chi connectivity index (χ1n) is 4.13. The molecule has 1 aromatic rings. The van der Waals surface area contributed by atoms with Crippen LogP contribution in [-0.4, -0.2) is 32.7 Å². The van der Waals surface area contributed by atoms with Gasteiger partial charge in [-0.3, -0.25) is 4.98 Å². The first-order valence-corrected chi connectivity index (χ1v) is 6.66. The molecule has 0 saturated heterocycles. The normalized spacial score (nSPS) is 11.8. The van der Waals surface area contributed by atoms with Gasteiger partial charge in [0, 0.05) is 24.2 Å². The van der Waals surface area contributed by atoms with E-state index in [0.717, 1.165) is 4.88 Å². The van der Waals surface area contributed by atoms with Gasteiger partial charge in [-0.2, -0.15) is 0 Å². The highest BCUT2D eigenvalue weighted by atomic mass is 32.2. The summed E-state index contributed by atoms with van der Waals surface area (Å²) in [5, 5.41) is 2.79. The van der Waals surface area contributed by atoms with Gasteiger partial charge in [-0.05, 0) is 7.05 Å². The number of hydrogen-bond acceptors (Lipinski definition) is 5. The molecule has 1 heterocycles. The van der Waals surface area contributed by atoms with Crippen molar-refractivity contribution in [1.82, 2.24) is 15.0 Å². The van der Waals surface area contributed by atoms with Crippen LogP contribution in [0.5, 0.6) is 0 Å². The summed E-state index contributed by atoms with van der Waals surface area (Å²) in [6.07, 6.45) is 1.66. The predicted molar refractivity (Wildman–Crippen MR) is 56.7 cm³/mol. The van der Waals surface area contributed by atoms with Gasteiger partial charge in [0.25, 0.3) is 0 Å². The number of hydrogen-bond donors (Lipinski definition) is 2. The van der Waals surface area contributed by atoms with Crippen molar-refractivity contribution in [3.8, 4) is 0 Å². The molecule has 0 spiro atoms. The van der Waals surface area contributed by atoms with Crippen molar-refractivity contribution in [3.05, 3.63) is 16.6 Å². The van der Waals surface area contributed by atoms with Gasteiger partial charge in [-0.1, -0.05) is 0 Å². The Kier molecular flexibility index (Phi) is 4.46. The Morgan fingerprint density at radius 2 is 2.36 bits per heavy atom. The second kappa shape index (κ2) is 5.40. The molecule has 0 saturated carbocycles.